The van der Waals surface area contributed by atoms with Gasteiger partial charge in [-0.05, 0) is 37.2 Å². The van der Waals surface area contributed by atoms with Gasteiger partial charge in [-0.25, -0.2) is 14.2 Å². The predicted octanol–water partition coefficient (Wildman–Crippen LogP) is 2.52. The highest BCUT2D eigenvalue weighted by molar-refractivity contribution is 5.88. The molecule has 4 nitrogen and oxygen atoms in total. The predicted molar refractivity (Wildman–Crippen MR) is 64.0 cm³/mol. The number of carboxylic acids is 1. The first-order valence-corrected chi connectivity index (χ1v) is 6.29. The first-order valence-electron chi connectivity index (χ1n) is 6.29. The average Bonchev–Trinajstić information content (AvgIpc) is 2.93. The van der Waals surface area contributed by atoms with Crippen LogP contribution >= 0.6 is 0 Å². The van der Waals surface area contributed by atoms with Crippen LogP contribution in [0.15, 0.2) is 12.3 Å². The zero-order chi connectivity index (χ0) is 12.7. The number of anilines is 1. The molecule has 2 aliphatic rings. The van der Waals surface area contributed by atoms with Crippen LogP contribution in [0.4, 0.5) is 10.2 Å². The largest absolute Gasteiger partial charge is 0.478 e. The van der Waals surface area contributed by atoms with E-state index >= 15 is 0 Å². The molecule has 0 aromatic carbocycles. The smallest absolute Gasteiger partial charge is 0.338 e. The van der Waals surface area contributed by atoms with Gasteiger partial charge in [-0.2, -0.15) is 0 Å². The summed E-state index contributed by atoms with van der Waals surface area (Å²) in [6, 6.07) is 1.43. The third kappa shape index (κ3) is 1.83. The van der Waals surface area contributed by atoms with Crippen molar-refractivity contribution in [2.24, 2.45) is 11.8 Å². The van der Waals surface area contributed by atoms with Gasteiger partial charge in [0.05, 0.1) is 0 Å². The molecule has 18 heavy (non-hydrogen) atoms. The molecule has 5 heteroatoms. The molecule has 0 amide bonds. The molecule has 3 atom stereocenters. The summed E-state index contributed by atoms with van der Waals surface area (Å²) >= 11 is 0. The van der Waals surface area contributed by atoms with Crippen LogP contribution in [0.1, 0.15) is 36.0 Å². The van der Waals surface area contributed by atoms with Gasteiger partial charge in [0, 0.05) is 12.2 Å². The molecule has 1 aromatic heterocycles. The van der Waals surface area contributed by atoms with Gasteiger partial charge in [0.25, 0.3) is 0 Å². The number of aromatic carboxylic acids is 1. The second kappa shape index (κ2) is 4.23. The SMILES string of the molecule is O=C(O)c1ccnc(NC2CC3CCC2C3)c1F. The van der Waals surface area contributed by atoms with Crippen LogP contribution in [0, 0.1) is 17.7 Å². The van der Waals surface area contributed by atoms with Crippen LogP contribution < -0.4 is 5.32 Å². The normalized spacial score (nSPS) is 29.5. The number of nitrogens with one attached hydrogen (secondary N) is 1. The summed E-state index contributed by atoms with van der Waals surface area (Å²) in [6.07, 6.45) is 6.04. The van der Waals surface area contributed by atoms with Crippen molar-refractivity contribution in [1.82, 2.24) is 4.98 Å². The van der Waals surface area contributed by atoms with Gasteiger partial charge >= 0.3 is 5.97 Å². The van der Waals surface area contributed by atoms with Gasteiger partial charge in [0.2, 0.25) is 0 Å². The number of halogens is 1. The fourth-order valence-corrected chi connectivity index (χ4v) is 3.31. The number of hydrogen-bond donors (Lipinski definition) is 2. The fraction of sp³-hybridized carbons (Fsp3) is 0.538. The minimum Gasteiger partial charge on any atom is -0.478 e. The van der Waals surface area contributed by atoms with Crippen LogP contribution in [-0.4, -0.2) is 22.1 Å². The van der Waals surface area contributed by atoms with Crippen LogP contribution in [0.25, 0.3) is 0 Å². The van der Waals surface area contributed by atoms with Crippen LogP contribution in [-0.2, 0) is 0 Å². The highest BCUT2D eigenvalue weighted by Crippen LogP contribution is 2.45. The Hall–Kier alpha value is -1.65. The summed E-state index contributed by atoms with van der Waals surface area (Å²) in [5.74, 6) is -0.603. The van der Waals surface area contributed by atoms with E-state index in [9.17, 15) is 9.18 Å². The van der Waals surface area contributed by atoms with Gasteiger partial charge in [-0.3, -0.25) is 0 Å². The average molecular weight is 250 g/mol. The van der Waals surface area contributed by atoms with Gasteiger partial charge in [-0.1, -0.05) is 6.42 Å². The Labute approximate surface area is 104 Å². The zero-order valence-corrected chi connectivity index (χ0v) is 9.90. The molecule has 3 unspecified atom stereocenters. The van der Waals surface area contributed by atoms with Crippen molar-refractivity contribution in [2.75, 3.05) is 5.32 Å². The summed E-state index contributed by atoms with van der Waals surface area (Å²) in [4.78, 5) is 14.8. The minimum absolute atomic E-state index is 0.0763. The molecule has 0 spiro atoms. The lowest BCUT2D eigenvalue weighted by molar-refractivity contribution is 0.0692. The second-order valence-corrected chi connectivity index (χ2v) is 5.25. The van der Waals surface area contributed by atoms with E-state index in [0.29, 0.717) is 5.92 Å². The van der Waals surface area contributed by atoms with Crippen molar-refractivity contribution < 1.29 is 14.3 Å². The molecule has 2 aliphatic carbocycles. The highest BCUT2D eigenvalue weighted by atomic mass is 19.1. The first-order chi connectivity index (χ1) is 8.65. The lowest BCUT2D eigenvalue weighted by atomic mass is 9.95. The van der Waals surface area contributed by atoms with Gasteiger partial charge < -0.3 is 10.4 Å². The summed E-state index contributed by atoms with van der Waals surface area (Å²) in [5.41, 5.74) is -0.323. The van der Waals surface area contributed by atoms with Crippen molar-refractivity contribution in [1.29, 1.82) is 0 Å². The molecule has 2 N–H and O–H groups in total. The van der Waals surface area contributed by atoms with E-state index in [1.54, 1.807) is 0 Å². The topological polar surface area (TPSA) is 62.2 Å². The van der Waals surface area contributed by atoms with Crippen LogP contribution in [0.3, 0.4) is 0 Å². The molecule has 1 aromatic rings. The molecule has 1 heterocycles. The number of aromatic nitrogens is 1. The van der Waals surface area contributed by atoms with Gasteiger partial charge in [-0.15, -0.1) is 0 Å². The summed E-state index contributed by atoms with van der Waals surface area (Å²) in [7, 11) is 0. The molecule has 0 aliphatic heterocycles. The maximum absolute atomic E-state index is 13.9. The van der Waals surface area contributed by atoms with E-state index in [-0.39, 0.29) is 17.4 Å². The summed E-state index contributed by atoms with van der Waals surface area (Å²) in [5, 5.41) is 11.9. The number of carbonyl (C=O) groups is 1. The van der Waals surface area contributed by atoms with Crippen molar-refractivity contribution in [3.8, 4) is 0 Å². The zero-order valence-electron chi connectivity index (χ0n) is 9.90. The quantitative estimate of drug-likeness (QED) is 0.865. The number of rotatable bonds is 3. The van der Waals surface area contributed by atoms with Crippen molar-refractivity contribution in [3.05, 3.63) is 23.6 Å². The second-order valence-electron chi connectivity index (χ2n) is 5.25. The third-order valence-electron chi connectivity index (χ3n) is 4.18. The lowest BCUT2D eigenvalue weighted by Gasteiger charge is -2.23. The van der Waals surface area contributed by atoms with Crippen LogP contribution in [0.2, 0.25) is 0 Å². The lowest BCUT2D eigenvalue weighted by Crippen LogP contribution is -2.27. The van der Waals surface area contributed by atoms with E-state index in [4.69, 9.17) is 5.11 Å². The van der Waals surface area contributed by atoms with E-state index in [1.165, 1.54) is 31.5 Å². The molecular formula is C13H15FN2O2. The van der Waals surface area contributed by atoms with E-state index in [1.807, 2.05) is 0 Å². The van der Waals surface area contributed by atoms with Gasteiger partial charge in [0.1, 0.15) is 5.56 Å². The molecule has 2 saturated carbocycles. The Morgan fingerprint density at radius 3 is 2.89 bits per heavy atom. The number of carboxylic acid groups (broad SMARTS) is 1. The maximum atomic E-state index is 13.9. The Balaban J connectivity index is 1.81. The van der Waals surface area contributed by atoms with Crippen molar-refractivity contribution in [2.45, 2.75) is 31.7 Å². The molecule has 2 bridgehead atoms. The van der Waals surface area contributed by atoms with Crippen molar-refractivity contribution >= 4 is 11.8 Å². The summed E-state index contributed by atoms with van der Waals surface area (Å²) < 4.78 is 13.9. The van der Waals surface area contributed by atoms with E-state index in [0.717, 1.165) is 12.3 Å². The molecule has 3 rings (SSSR count). The molecular weight excluding hydrogens is 235 g/mol. The Morgan fingerprint density at radius 2 is 2.28 bits per heavy atom. The summed E-state index contributed by atoms with van der Waals surface area (Å²) in [6.45, 7) is 0. The van der Waals surface area contributed by atoms with Crippen LogP contribution in [0.5, 0.6) is 0 Å². The van der Waals surface area contributed by atoms with E-state index < -0.39 is 11.8 Å². The highest BCUT2D eigenvalue weighted by Gasteiger charge is 2.39. The standard InChI is InChI=1S/C13H15FN2O2/c14-11-9(13(17)18)3-4-15-12(11)16-10-6-7-1-2-8(10)5-7/h3-4,7-8,10H,1-2,5-6H2,(H,15,16)(H,17,18). The monoisotopic (exact) mass is 250 g/mol. The molecule has 96 valence electrons. The minimum atomic E-state index is -1.26. The fourth-order valence-electron chi connectivity index (χ4n) is 3.31. The number of fused-ring (bicyclic) bond motifs is 2. The third-order valence-corrected chi connectivity index (χ3v) is 4.18. The van der Waals surface area contributed by atoms with Crippen molar-refractivity contribution in [3.63, 3.8) is 0 Å². The number of nitrogens with zero attached hydrogens (tertiary/aromatic N) is 1. The Morgan fingerprint density at radius 1 is 1.44 bits per heavy atom. The van der Waals surface area contributed by atoms with E-state index in [2.05, 4.69) is 10.3 Å². The molecule has 0 radical (unpaired) electrons. The number of pyridine rings is 1. The maximum Gasteiger partial charge on any atom is 0.338 e. The van der Waals surface area contributed by atoms with Gasteiger partial charge in [0.15, 0.2) is 11.6 Å². The molecule has 2 fully saturated rings. The first kappa shape index (κ1) is 11.4. The Kier molecular flexibility index (Phi) is 2.69. The molecule has 0 saturated heterocycles. The number of hydrogen-bond acceptors (Lipinski definition) is 3. The Bertz CT molecular complexity index is 492.